The number of carbonyl (C=O) groups is 2. The van der Waals surface area contributed by atoms with Gasteiger partial charge in [0.05, 0.1) is 37.9 Å². The Hall–Kier alpha value is -2.74. The molecule has 31 heavy (non-hydrogen) atoms. The molecule has 2 aliphatic heterocycles. The first-order valence-corrected chi connectivity index (χ1v) is 11.0. The molecule has 1 aromatic carbocycles. The number of aromatic nitrogens is 2. The Labute approximate surface area is 183 Å². The topological polar surface area (TPSA) is 102 Å². The summed E-state index contributed by atoms with van der Waals surface area (Å²) in [4.78, 5) is 28.7. The smallest absolute Gasteiger partial charge is 0.236 e. The fourth-order valence-electron chi connectivity index (χ4n) is 3.76. The third-order valence-electron chi connectivity index (χ3n) is 5.43. The van der Waals surface area contributed by atoms with Crippen molar-refractivity contribution in [3.8, 4) is 6.07 Å². The van der Waals surface area contributed by atoms with Gasteiger partial charge in [-0.1, -0.05) is 12.1 Å². The SMILES string of the molecule is N#Cc1c(C2CN(CC(=O)N3CCOCC3)CC2=O)n[nH]c1SCc1ccc(F)cc1. The fraction of sp³-hybridized carbons (Fsp3) is 0.429. The molecule has 2 aliphatic rings. The van der Waals surface area contributed by atoms with Gasteiger partial charge in [0, 0.05) is 25.4 Å². The summed E-state index contributed by atoms with van der Waals surface area (Å²) in [7, 11) is 0. The van der Waals surface area contributed by atoms with Crippen LogP contribution < -0.4 is 0 Å². The Morgan fingerprint density at radius 3 is 2.77 bits per heavy atom. The van der Waals surface area contributed by atoms with Gasteiger partial charge >= 0.3 is 0 Å². The molecule has 1 amide bonds. The summed E-state index contributed by atoms with van der Waals surface area (Å²) in [6, 6.07) is 8.32. The molecule has 2 aromatic rings. The molecule has 0 radical (unpaired) electrons. The molecule has 0 bridgehead atoms. The molecule has 10 heteroatoms. The van der Waals surface area contributed by atoms with Crippen LogP contribution in [-0.2, 0) is 20.1 Å². The molecule has 1 N–H and O–H groups in total. The number of nitrogens with one attached hydrogen (secondary N) is 1. The van der Waals surface area contributed by atoms with E-state index in [1.54, 1.807) is 17.0 Å². The quantitative estimate of drug-likeness (QED) is 0.676. The van der Waals surface area contributed by atoms with Crippen molar-refractivity contribution in [3.63, 3.8) is 0 Å². The van der Waals surface area contributed by atoms with E-state index >= 15 is 0 Å². The minimum Gasteiger partial charge on any atom is -0.378 e. The van der Waals surface area contributed by atoms with Gasteiger partial charge in [0.2, 0.25) is 5.91 Å². The first-order chi connectivity index (χ1) is 15.0. The predicted octanol–water partition coefficient (Wildman–Crippen LogP) is 1.54. The maximum atomic E-state index is 13.1. The van der Waals surface area contributed by atoms with Crippen molar-refractivity contribution < 1.29 is 18.7 Å². The van der Waals surface area contributed by atoms with Crippen LogP contribution >= 0.6 is 11.8 Å². The van der Waals surface area contributed by atoms with E-state index in [0.717, 1.165) is 5.56 Å². The number of nitrogens with zero attached hydrogens (tertiary/aromatic N) is 4. The molecule has 0 spiro atoms. The summed E-state index contributed by atoms with van der Waals surface area (Å²) >= 11 is 1.38. The number of nitriles is 1. The molecule has 8 nitrogen and oxygen atoms in total. The normalized spacial score (nSPS) is 19.5. The van der Waals surface area contributed by atoms with Crippen LogP contribution in [0.15, 0.2) is 29.3 Å². The maximum Gasteiger partial charge on any atom is 0.236 e. The zero-order valence-corrected chi connectivity index (χ0v) is 17.7. The Bertz CT molecular complexity index is 997. The van der Waals surface area contributed by atoms with Crippen molar-refractivity contribution >= 4 is 23.5 Å². The van der Waals surface area contributed by atoms with Gasteiger partial charge in [-0.3, -0.25) is 19.6 Å². The highest BCUT2D eigenvalue weighted by Crippen LogP contribution is 2.32. The number of halogens is 1. The molecule has 0 aliphatic carbocycles. The first kappa shape index (κ1) is 21.5. The lowest BCUT2D eigenvalue weighted by molar-refractivity contribution is -0.136. The van der Waals surface area contributed by atoms with E-state index in [0.29, 0.717) is 54.9 Å². The van der Waals surface area contributed by atoms with Gasteiger partial charge in [0.1, 0.15) is 22.5 Å². The van der Waals surface area contributed by atoms with E-state index < -0.39 is 5.92 Å². The lowest BCUT2D eigenvalue weighted by Crippen LogP contribution is -2.45. The van der Waals surface area contributed by atoms with Gasteiger partial charge in [-0.2, -0.15) is 10.4 Å². The third kappa shape index (κ3) is 4.95. The van der Waals surface area contributed by atoms with Crippen LogP contribution in [0, 0.1) is 17.1 Å². The van der Waals surface area contributed by atoms with Gasteiger partial charge in [0.15, 0.2) is 5.78 Å². The highest BCUT2D eigenvalue weighted by Gasteiger charge is 2.37. The second-order valence-corrected chi connectivity index (χ2v) is 8.51. The molecule has 2 fully saturated rings. The number of amides is 1. The van der Waals surface area contributed by atoms with Gasteiger partial charge < -0.3 is 9.64 Å². The van der Waals surface area contributed by atoms with Gasteiger partial charge in [0.25, 0.3) is 0 Å². The summed E-state index contributed by atoms with van der Waals surface area (Å²) in [5.74, 6) is -0.368. The molecule has 162 valence electrons. The minimum absolute atomic E-state index is 0.0187. The molecular weight excluding hydrogens is 421 g/mol. The number of rotatable bonds is 6. The van der Waals surface area contributed by atoms with E-state index in [9.17, 15) is 19.2 Å². The third-order valence-corrected chi connectivity index (χ3v) is 6.49. The molecule has 1 unspecified atom stereocenters. The van der Waals surface area contributed by atoms with Crippen molar-refractivity contribution in [3.05, 3.63) is 46.9 Å². The number of hydrogen-bond acceptors (Lipinski definition) is 7. The number of aromatic amines is 1. The van der Waals surface area contributed by atoms with Crippen molar-refractivity contribution in [2.24, 2.45) is 0 Å². The summed E-state index contributed by atoms with van der Waals surface area (Å²) < 4.78 is 18.3. The van der Waals surface area contributed by atoms with Crippen LogP contribution in [0.2, 0.25) is 0 Å². The molecule has 0 saturated carbocycles. The zero-order valence-electron chi connectivity index (χ0n) is 16.8. The molecular formula is C21H22FN5O3S. The van der Waals surface area contributed by atoms with Crippen molar-refractivity contribution in [1.29, 1.82) is 5.26 Å². The molecule has 1 aromatic heterocycles. The standard InChI is InChI=1S/C21H22FN5O3S/c22-15-3-1-14(2-4-15)13-31-21-16(9-23)20(24-25-21)17-10-26(11-18(17)28)12-19(29)27-5-7-30-8-6-27/h1-4,17H,5-8,10-13H2,(H,24,25). The number of H-pyrrole nitrogens is 1. The summed E-state index contributed by atoms with van der Waals surface area (Å²) in [5, 5.41) is 17.4. The van der Waals surface area contributed by atoms with E-state index in [2.05, 4.69) is 16.3 Å². The Balaban J connectivity index is 1.40. The monoisotopic (exact) mass is 443 g/mol. The molecule has 2 saturated heterocycles. The Kier molecular flexibility index (Phi) is 6.65. The highest BCUT2D eigenvalue weighted by atomic mass is 32.2. The summed E-state index contributed by atoms with van der Waals surface area (Å²) in [5.41, 5.74) is 1.69. The predicted molar refractivity (Wildman–Crippen MR) is 111 cm³/mol. The Morgan fingerprint density at radius 1 is 1.32 bits per heavy atom. The van der Waals surface area contributed by atoms with Crippen LogP contribution in [0.4, 0.5) is 4.39 Å². The lowest BCUT2D eigenvalue weighted by atomic mass is 10.0. The van der Waals surface area contributed by atoms with Crippen molar-refractivity contribution in [1.82, 2.24) is 20.0 Å². The minimum atomic E-state index is -0.538. The van der Waals surface area contributed by atoms with Crippen LogP contribution in [0.1, 0.15) is 22.7 Å². The second-order valence-electron chi connectivity index (χ2n) is 7.52. The number of ketones is 1. The number of hydrogen-bond donors (Lipinski definition) is 1. The van der Waals surface area contributed by atoms with Crippen LogP contribution in [-0.4, -0.2) is 77.6 Å². The maximum absolute atomic E-state index is 13.1. The van der Waals surface area contributed by atoms with Gasteiger partial charge in [-0.05, 0) is 17.7 Å². The number of benzene rings is 1. The zero-order chi connectivity index (χ0) is 21.8. The Morgan fingerprint density at radius 2 is 2.06 bits per heavy atom. The largest absolute Gasteiger partial charge is 0.378 e. The average Bonchev–Trinajstić information content (AvgIpc) is 3.36. The van der Waals surface area contributed by atoms with E-state index in [4.69, 9.17) is 4.74 Å². The second kappa shape index (κ2) is 9.60. The summed E-state index contributed by atoms with van der Waals surface area (Å²) in [6.45, 7) is 2.88. The average molecular weight is 444 g/mol. The molecule has 3 heterocycles. The van der Waals surface area contributed by atoms with E-state index in [1.165, 1.54) is 23.9 Å². The van der Waals surface area contributed by atoms with Crippen LogP contribution in [0.25, 0.3) is 0 Å². The number of thioether (sulfide) groups is 1. The summed E-state index contributed by atoms with van der Waals surface area (Å²) in [6.07, 6.45) is 0. The number of carbonyl (C=O) groups excluding carboxylic acids is 2. The first-order valence-electron chi connectivity index (χ1n) is 10.0. The van der Waals surface area contributed by atoms with Gasteiger partial charge in [-0.25, -0.2) is 4.39 Å². The number of morpholine rings is 1. The van der Waals surface area contributed by atoms with Gasteiger partial charge in [-0.15, -0.1) is 11.8 Å². The number of ether oxygens (including phenoxy) is 1. The van der Waals surface area contributed by atoms with E-state index in [-0.39, 0.29) is 30.6 Å². The van der Waals surface area contributed by atoms with Crippen LogP contribution in [0.3, 0.4) is 0 Å². The lowest BCUT2D eigenvalue weighted by Gasteiger charge is -2.28. The highest BCUT2D eigenvalue weighted by molar-refractivity contribution is 7.98. The van der Waals surface area contributed by atoms with Crippen LogP contribution in [0.5, 0.6) is 0 Å². The number of Topliss-reactive ketones (excluding diaryl/α,β-unsaturated/α-hetero) is 1. The van der Waals surface area contributed by atoms with Crippen molar-refractivity contribution in [2.75, 3.05) is 45.9 Å². The number of likely N-dealkylation sites (tertiary alicyclic amines) is 1. The van der Waals surface area contributed by atoms with E-state index in [1.807, 2.05) is 4.90 Å². The molecule has 1 atom stereocenters. The van der Waals surface area contributed by atoms with Crippen molar-refractivity contribution in [2.45, 2.75) is 16.7 Å². The fourth-order valence-corrected chi connectivity index (χ4v) is 4.67. The molecule has 4 rings (SSSR count).